The zero-order valence-electron chi connectivity index (χ0n) is 13.8. The van der Waals surface area contributed by atoms with E-state index >= 15 is 0 Å². The molecule has 0 heterocycles. The molecule has 1 aromatic carbocycles. The van der Waals surface area contributed by atoms with Gasteiger partial charge < -0.3 is 26.6 Å². The van der Waals surface area contributed by atoms with Crippen LogP contribution in [0.15, 0.2) is 30.3 Å². The Hall–Kier alpha value is -2.10. The molecule has 0 fully saturated rings. The minimum absolute atomic E-state index is 0.0942. The lowest BCUT2D eigenvalue weighted by Crippen LogP contribution is -2.57. The zero-order valence-corrected chi connectivity index (χ0v) is 14.6. The predicted molar refractivity (Wildman–Crippen MR) is 95.2 cm³/mol. The van der Waals surface area contributed by atoms with Gasteiger partial charge in [0.15, 0.2) is 6.04 Å². The van der Waals surface area contributed by atoms with Gasteiger partial charge in [-0.05, 0) is 12.5 Å². The lowest BCUT2D eigenvalue weighted by molar-refractivity contribution is -0.145. The van der Waals surface area contributed by atoms with Crippen LogP contribution in [0.5, 0.6) is 0 Å². The minimum atomic E-state index is -1.48. The summed E-state index contributed by atoms with van der Waals surface area (Å²) in [7, 11) is 0. The normalized spacial score (nSPS) is 15.5. The first kappa shape index (κ1) is 20.9. The van der Waals surface area contributed by atoms with Crippen LogP contribution in [0.2, 0.25) is 0 Å². The van der Waals surface area contributed by atoms with Gasteiger partial charge in [0.1, 0.15) is 6.04 Å². The van der Waals surface area contributed by atoms with Crippen LogP contribution in [0.3, 0.4) is 0 Å². The van der Waals surface area contributed by atoms with E-state index in [2.05, 4.69) is 23.3 Å². The number of carbonyl (C=O) groups excluding carboxylic acids is 2. The molecule has 1 aromatic rings. The summed E-state index contributed by atoms with van der Waals surface area (Å²) in [6, 6.07) is 5.48. The quantitative estimate of drug-likeness (QED) is 0.306. The van der Waals surface area contributed by atoms with Gasteiger partial charge in [-0.3, -0.25) is 9.59 Å². The molecule has 1 rings (SSSR count). The number of aliphatic hydroxyl groups is 1. The molecule has 0 bridgehead atoms. The topological polar surface area (TPSA) is 142 Å². The second kappa shape index (κ2) is 10.0. The molecule has 0 spiro atoms. The summed E-state index contributed by atoms with van der Waals surface area (Å²) in [6.45, 7) is 1.25. The van der Waals surface area contributed by atoms with Crippen molar-refractivity contribution in [2.75, 3.05) is 5.75 Å². The fraction of sp³-hybridized carbons (Fsp3) is 0.438. The molecule has 0 radical (unpaired) electrons. The third kappa shape index (κ3) is 6.73. The number of carboxylic acid groups (broad SMARTS) is 1. The highest BCUT2D eigenvalue weighted by atomic mass is 32.1. The van der Waals surface area contributed by atoms with Gasteiger partial charge in [-0.15, -0.1) is 0 Å². The van der Waals surface area contributed by atoms with E-state index in [9.17, 15) is 19.5 Å². The Labute approximate surface area is 151 Å². The van der Waals surface area contributed by atoms with E-state index in [0.29, 0.717) is 0 Å². The number of hydrogen-bond donors (Lipinski definition) is 6. The molecule has 0 aliphatic rings. The Kier molecular flexibility index (Phi) is 8.39. The second-order valence-corrected chi connectivity index (χ2v) is 5.97. The van der Waals surface area contributed by atoms with Crippen molar-refractivity contribution in [1.29, 1.82) is 0 Å². The SMILES string of the molecule is C[C@@H](O)[C@H](NC(=O)[C@H](Cc1ccccc1)NC(=O)[C@@H](N)CS)C(=O)O. The molecule has 0 saturated carbocycles. The highest BCUT2D eigenvalue weighted by molar-refractivity contribution is 7.80. The van der Waals surface area contributed by atoms with Crippen molar-refractivity contribution in [2.45, 2.75) is 37.6 Å². The van der Waals surface area contributed by atoms with Gasteiger partial charge in [-0.25, -0.2) is 4.79 Å². The fourth-order valence-corrected chi connectivity index (χ4v) is 2.23. The van der Waals surface area contributed by atoms with Gasteiger partial charge >= 0.3 is 5.97 Å². The van der Waals surface area contributed by atoms with E-state index in [4.69, 9.17) is 10.8 Å². The number of nitrogens with two attached hydrogens (primary N) is 1. The van der Waals surface area contributed by atoms with Gasteiger partial charge in [-0.2, -0.15) is 12.6 Å². The number of benzene rings is 1. The third-order valence-electron chi connectivity index (χ3n) is 3.50. The van der Waals surface area contributed by atoms with Crippen LogP contribution in [-0.4, -0.2) is 58.0 Å². The lowest BCUT2D eigenvalue weighted by Gasteiger charge is -2.23. The summed E-state index contributed by atoms with van der Waals surface area (Å²) >= 11 is 3.94. The molecule has 138 valence electrons. The first-order valence-electron chi connectivity index (χ1n) is 7.68. The monoisotopic (exact) mass is 369 g/mol. The summed E-state index contributed by atoms with van der Waals surface area (Å²) in [4.78, 5) is 35.6. The maximum absolute atomic E-state index is 12.5. The van der Waals surface area contributed by atoms with Gasteiger partial charge in [0.2, 0.25) is 11.8 Å². The number of nitrogens with one attached hydrogen (secondary N) is 2. The molecule has 0 unspecified atom stereocenters. The van der Waals surface area contributed by atoms with Crippen LogP contribution in [0.1, 0.15) is 12.5 Å². The van der Waals surface area contributed by atoms with Crippen molar-refractivity contribution in [2.24, 2.45) is 5.73 Å². The smallest absolute Gasteiger partial charge is 0.328 e. The molecule has 4 atom stereocenters. The van der Waals surface area contributed by atoms with Crippen molar-refractivity contribution in [3.63, 3.8) is 0 Å². The molecule has 0 aromatic heterocycles. The van der Waals surface area contributed by atoms with E-state index in [1.165, 1.54) is 6.92 Å². The number of rotatable bonds is 9. The summed E-state index contributed by atoms with van der Waals surface area (Å²) in [5.41, 5.74) is 6.37. The standard InChI is InChI=1S/C16H23N3O5S/c1-9(20)13(16(23)24)19-15(22)12(18-14(21)11(17)8-25)7-10-5-3-2-4-6-10/h2-6,9,11-13,20,25H,7-8,17H2,1H3,(H,18,21)(H,19,22)(H,23,24)/t9-,11+,12+,13+/m1/s1. The fourth-order valence-electron chi connectivity index (χ4n) is 2.06. The highest BCUT2D eigenvalue weighted by Crippen LogP contribution is 2.05. The third-order valence-corrected chi connectivity index (χ3v) is 3.89. The summed E-state index contributed by atoms with van der Waals surface area (Å²) in [5, 5.41) is 23.3. The van der Waals surface area contributed by atoms with Gasteiger partial charge in [0, 0.05) is 12.2 Å². The van der Waals surface area contributed by atoms with E-state index in [1.54, 1.807) is 24.3 Å². The maximum Gasteiger partial charge on any atom is 0.328 e. The molecule has 9 heteroatoms. The van der Waals surface area contributed by atoms with Crippen molar-refractivity contribution >= 4 is 30.4 Å². The second-order valence-electron chi connectivity index (χ2n) is 5.61. The molecule has 2 amide bonds. The van der Waals surface area contributed by atoms with Crippen LogP contribution < -0.4 is 16.4 Å². The summed E-state index contributed by atoms with van der Waals surface area (Å²) in [5.74, 6) is -2.58. The van der Waals surface area contributed by atoms with E-state index in [-0.39, 0.29) is 12.2 Å². The Morgan fingerprint density at radius 2 is 1.76 bits per heavy atom. The predicted octanol–water partition coefficient (Wildman–Crippen LogP) is -1.08. The first-order valence-corrected chi connectivity index (χ1v) is 8.31. The van der Waals surface area contributed by atoms with Crippen molar-refractivity contribution < 1.29 is 24.6 Å². The molecular formula is C16H23N3O5S. The van der Waals surface area contributed by atoms with Crippen molar-refractivity contribution in [3.05, 3.63) is 35.9 Å². The molecule has 6 N–H and O–H groups in total. The van der Waals surface area contributed by atoms with Crippen LogP contribution >= 0.6 is 12.6 Å². The molecular weight excluding hydrogens is 346 g/mol. The molecule has 0 aliphatic heterocycles. The minimum Gasteiger partial charge on any atom is -0.480 e. The summed E-state index contributed by atoms with van der Waals surface area (Å²) < 4.78 is 0. The van der Waals surface area contributed by atoms with E-state index in [1.807, 2.05) is 6.07 Å². The summed E-state index contributed by atoms with van der Waals surface area (Å²) in [6.07, 6.45) is -1.15. The average molecular weight is 369 g/mol. The lowest BCUT2D eigenvalue weighted by atomic mass is 10.0. The maximum atomic E-state index is 12.5. The number of aliphatic hydroxyl groups excluding tert-OH is 1. The van der Waals surface area contributed by atoms with Crippen LogP contribution in [0, 0.1) is 0 Å². The Morgan fingerprint density at radius 1 is 1.16 bits per heavy atom. The van der Waals surface area contributed by atoms with Crippen LogP contribution in [-0.2, 0) is 20.8 Å². The van der Waals surface area contributed by atoms with E-state index < -0.39 is 42.0 Å². The molecule has 25 heavy (non-hydrogen) atoms. The zero-order chi connectivity index (χ0) is 19.0. The largest absolute Gasteiger partial charge is 0.480 e. The number of amides is 2. The van der Waals surface area contributed by atoms with Gasteiger partial charge in [0.05, 0.1) is 12.1 Å². The average Bonchev–Trinajstić information content (AvgIpc) is 2.58. The number of thiol groups is 1. The van der Waals surface area contributed by atoms with Crippen molar-refractivity contribution in [1.82, 2.24) is 10.6 Å². The van der Waals surface area contributed by atoms with Crippen LogP contribution in [0.4, 0.5) is 0 Å². The first-order chi connectivity index (χ1) is 11.8. The Morgan fingerprint density at radius 3 is 2.24 bits per heavy atom. The number of carboxylic acids is 1. The Bertz CT molecular complexity index is 597. The van der Waals surface area contributed by atoms with Crippen molar-refractivity contribution in [3.8, 4) is 0 Å². The van der Waals surface area contributed by atoms with Gasteiger partial charge in [0.25, 0.3) is 0 Å². The van der Waals surface area contributed by atoms with Crippen LogP contribution in [0.25, 0.3) is 0 Å². The number of hydrogen-bond acceptors (Lipinski definition) is 6. The molecule has 8 nitrogen and oxygen atoms in total. The highest BCUT2D eigenvalue weighted by Gasteiger charge is 2.30. The Balaban J connectivity index is 2.93. The molecule has 0 saturated heterocycles. The molecule has 0 aliphatic carbocycles. The number of carbonyl (C=O) groups is 3. The number of aliphatic carboxylic acids is 1. The van der Waals surface area contributed by atoms with E-state index in [0.717, 1.165) is 5.56 Å². The van der Waals surface area contributed by atoms with Gasteiger partial charge in [-0.1, -0.05) is 30.3 Å².